The minimum Gasteiger partial charge on any atom is -0.355 e. The molecular weight excluding hydrogens is 360 g/mol. The van der Waals surface area contributed by atoms with Gasteiger partial charge < -0.3 is 10.2 Å². The molecule has 1 aromatic carbocycles. The summed E-state index contributed by atoms with van der Waals surface area (Å²) < 4.78 is 2.88. The lowest BCUT2D eigenvalue weighted by Crippen LogP contribution is -2.39. The van der Waals surface area contributed by atoms with E-state index >= 15 is 0 Å². The van der Waals surface area contributed by atoms with Crippen molar-refractivity contribution in [1.29, 1.82) is 0 Å². The van der Waals surface area contributed by atoms with Gasteiger partial charge in [0.2, 0.25) is 5.91 Å². The summed E-state index contributed by atoms with van der Waals surface area (Å²) in [5.41, 5.74) is 1.43. The van der Waals surface area contributed by atoms with Crippen LogP contribution in [0.4, 0.5) is 11.5 Å². The van der Waals surface area contributed by atoms with Crippen LogP contribution in [0.5, 0.6) is 0 Å². The maximum atomic E-state index is 12.6. The summed E-state index contributed by atoms with van der Waals surface area (Å²) in [6.07, 6.45) is 2.99. The molecule has 1 N–H and O–H groups in total. The van der Waals surface area contributed by atoms with Crippen LogP contribution < -0.4 is 15.8 Å². The number of nitrogens with one attached hydrogen (secondary N) is 1. The van der Waals surface area contributed by atoms with Gasteiger partial charge in [-0.15, -0.1) is 5.10 Å². The molecule has 10 nitrogen and oxygen atoms in total. The van der Waals surface area contributed by atoms with Crippen molar-refractivity contribution < 1.29 is 4.79 Å². The molecule has 0 spiro atoms. The van der Waals surface area contributed by atoms with E-state index in [1.54, 1.807) is 17.8 Å². The van der Waals surface area contributed by atoms with E-state index in [2.05, 4.69) is 30.8 Å². The molecule has 0 atom stereocenters. The number of piperidine rings is 1. The van der Waals surface area contributed by atoms with Crippen LogP contribution in [0.1, 0.15) is 12.8 Å². The number of carbonyl (C=O) groups excluding carboxylic acids is 1. The highest BCUT2D eigenvalue weighted by Gasteiger charge is 2.26. The van der Waals surface area contributed by atoms with Gasteiger partial charge in [0.1, 0.15) is 12.1 Å². The molecule has 0 bridgehead atoms. The first kappa shape index (κ1) is 17.8. The molecule has 0 radical (unpaired) electrons. The van der Waals surface area contributed by atoms with E-state index in [4.69, 9.17) is 0 Å². The first-order valence-corrected chi connectivity index (χ1v) is 9.04. The van der Waals surface area contributed by atoms with Crippen LogP contribution in [-0.2, 0) is 11.8 Å². The average Bonchev–Trinajstić information content (AvgIpc) is 3.26. The molecular formula is C18H20N8O2. The van der Waals surface area contributed by atoms with Crippen molar-refractivity contribution in [3.63, 3.8) is 0 Å². The molecule has 3 heterocycles. The Morgan fingerprint density at radius 2 is 1.86 bits per heavy atom. The highest BCUT2D eigenvalue weighted by atomic mass is 16.2. The van der Waals surface area contributed by atoms with Gasteiger partial charge >= 0.3 is 0 Å². The van der Waals surface area contributed by atoms with Crippen molar-refractivity contribution in [3.05, 3.63) is 53.1 Å². The van der Waals surface area contributed by atoms with Crippen molar-refractivity contribution in [3.8, 4) is 5.69 Å². The molecule has 1 fully saturated rings. The largest absolute Gasteiger partial charge is 0.355 e. The zero-order valence-corrected chi connectivity index (χ0v) is 15.4. The fraction of sp³-hybridized carbons (Fsp3) is 0.333. The van der Waals surface area contributed by atoms with Crippen LogP contribution in [0.3, 0.4) is 0 Å². The van der Waals surface area contributed by atoms with Gasteiger partial charge in [-0.05, 0) is 53.6 Å². The van der Waals surface area contributed by atoms with Gasteiger partial charge in [-0.25, -0.2) is 9.36 Å². The van der Waals surface area contributed by atoms with Gasteiger partial charge in [-0.3, -0.25) is 9.59 Å². The number of amides is 1. The minimum atomic E-state index is -0.135. The fourth-order valence-corrected chi connectivity index (χ4v) is 3.25. The van der Waals surface area contributed by atoms with Crippen LogP contribution in [0, 0.1) is 5.92 Å². The second-order valence-corrected chi connectivity index (χ2v) is 6.71. The predicted molar refractivity (Wildman–Crippen MR) is 102 cm³/mol. The number of rotatable bonds is 4. The molecule has 0 aliphatic carbocycles. The Morgan fingerprint density at radius 1 is 1.11 bits per heavy atom. The summed E-state index contributed by atoms with van der Waals surface area (Å²) in [5.74, 6) is 0.727. The average molecular weight is 380 g/mol. The minimum absolute atomic E-state index is 0.0169. The van der Waals surface area contributed by atoms with Gasteiger partial charge in [-0.2, -0.15) is 5.10 Å². The van der Waals surface area contributed by atoms with E-state index in [1.807, 2.05) is 24.3 Å². The second-order valence-electron chi connectivity index (χ2n) is 6.71. The number of nitrogens with zero attached hydrogens (tertiary/aromatic N) is 7. The van der Waals surface area contributed by atoms with E-state index in [1.165, 1.54) is 17.1 Å². The Morgan fingerprint density at radius 3 is 2.50 bits per heavy atom. The van der Waals surface area contributed by atoms with E-state index < -0.39 is 0 Å². The molecule has 1 amide bonds. The third kappa shape index (κ3) is 3.75. The molecule has 0 saturated carbocycles. The number of hydrogen-bond acceptors (Lipinski definition) is 7. The molecule has 0 unspecified atom stereocenters. The number of aromatic nitrogens is 6. The van der Waals surface area contributed by atoms with E-state index in [-0.39, 0.29) is 17.4 Å². The quantitative estimate of drug-likeness (QED) is 0.706. The Kier molecular flexibility index (Phi) is 4.83. The normalized spacial score (nSPS) is 14.8. The highest BCUT2D eigenvalue weighted by Crippen LogP contribution is 2.23. The lowest BCUT2D eigenvalue weighted by molar-refractivity contribution is -0.120. The Hall–Kier alpha value is -3.56. The number of benzene rings is 1. The smallest absolute Gasteiger partial charge is 0.266 e. The van der Waals surface area contributed by atoms with Gasteiger partial charge in [0, 0.05) is 37.8 Å². The predicted octanol–water partition coefficient (Wildman–Crippen LogP) is 0.611. The van der Waals surface area contributed by atoms with Crippen LogP contribution >= 0.6 is 0 Å². The molecule has 1 aliphatic rings. The van der Waals surface area contributed by atoms with E-state index in [9.17, 15) is 9.59 Å². The van der Waals surface area contributed by atoms with Crippen molar-refractivity contribution in [2.45, 2.75) is 12.8 Å². The summed E-state index contributed by atoms with van der Waals surface area (Å²) in [5, 5.41) is 18.3. The lowest BCUT2D eigenvalue weighted by atomic mass is 9.96. The zero-order chi connectivity index (χ0) is 19.5. The van der Waals surface area contributed by atoms with E-state index in [0.29, 0.717) is 0 Å². The van der Waals surface area contributed by atoms with Crippen LogP contribution in [0.15, 0.2) is 47.5 Å². The maximum absolute atomic E-state index is 12.6. The molecule has 3 aromatic rings. The molecule has 28 heavy (non-hydrogen) atoms. The molecule has 4 rings (SSSR count). The summed E-state index contributed by atoms with van der Waals surface area (Å²) in [6.45, 7) is 1.45. The Balaban J connectivity index is 1.34. The van der Waals surface area contributed by atoms with Crippen molar-refractivity contribution in [2.75, 3.05) is 23.3 Å². The summed E-state index contributed by atoms with van der Waals surface area (Å²) in [7, 11) is 1.64. The summed E-state index contributed by atoms with van der Waals surface area (Å²) in [4.78, 5) is 26.2. The third-order valence-corrected chi connectivity index (χ3v) is 4.88. The SMILES string of the molecule is Cn1nc(N2CCC(C(=O)Nc3ccc(-n4cnnn4)cc3)CC2)ccc1=O. The van der Waals surface area contributed by atoms with Crippen LogP contribution in [0.25, 0.3) is 5.69 Å². The fourth-order valence-electron chi connectivity index (χ4n) is 3.25. The Bertz CT molecular complexity index is 1000. The van der Waals surface area contributed by atoms with Gasteiger partial charge in [0.25, 0.3) is 5.56 Å². The Labute approximate surface area is 160 Å². The third-order valence-electron chi connectivity index (χ3n) is 4.88. The molecule has 10 heteroatoms. The number of tetrazole rings is 1. The van der Waals surface area contributed by atoms with E-state index in [0.717, 1.165) is 43.1 Å². The molecule has 2 aromatic heterocycles. The molecule has 144 valence electrons. The van der Waals surface area contributed by atoms with Crippen molar-refractivity contribution >= 4 is 17.4 Å². The molecule has 1 saturated heterocycles. The summed E-state index contributed by atoms with van der Waals surface area (Å²) >= 11 is 0. The highest BCUT2D eigenvalue weighted by molar-refractivity contribution is 5.92. The number of aryl methyl sites for hydroxylation is 1. The second kappa shape index (κ2) is 7.59. The first-order valence-electron chi connectivity index (χ1n) is 9.04. The number of anilines is 2. The number of carbonyl (C=O) groups is 1. The monoisotopic (exact) mass is 380 g/mol. The maximum Gasteiger partial charge on any atom is 0.266 e. The van der Waals surface area contributed by atoms with Gasteiger partial charge in [-0.1, -0.05) is 0 Å². The van der Waals surface area contributed by atoms with Gasteiger partial charge in [0.15, 0.2) is 0 Å². The van der Waals surface area contributed by atoms with Crippen LogP contribution in [-0.4, -0.2) is 49.0 Å². The summed E-state index contributed by atoms with van der Waals surface area (Å²) in [6, 6.07) is 10.6. The van der Waals surface area contributed by atoms with Crippen LogP contribution in [0.2, 0.25) is 0 Å². The topological polar surface area (TPSA) is 111 Å². The standard InChI is InChI=1S/C18H20N8O2/c1-24-17(27)7-6-16(21-24)25-10-8-13(9-11-25)18(28)20-14-2-4-15(5-3-14)26-12-19-22-23-26/h2-7,12-13H,8-11H2,1H3,(H,20,28). The first-order chi connectivity index (χ1) is 13.6. The zero-order valence-electron chi connectivity index (χ0n) is 15.4. The van der Waals surface area contributed by atoms with Crippen molar-refractivity contribution in [2.24, 2.45) is 13.0 Å². The molecule has 1 aliphatic heterocycles. The lowest BCUT2D eigenvalue weighted by Gasteiger charge is -2.32. The van der Waals surface area contributed by atoms with Crippen molar-refractivity contribution in [1.82, 2.24) is 30.0 Å². The van der Waals surface area contributed by atoms with Gasteiger partial charge in [0.05, 0.1) is 5.69 Å². The number of hydrogen-bond donors (Lipinski definition) is 1.